The van der Waals surface area contributed by atoms with Gasteiger partial charge >= 0.3 is 6.09 Å². The van der Waals surface area contributed by atoms with Crippen molar-refractivity contribution < 1.29 is 14.3 Å². The minimum atomic E-state index is -0.528. The Bertz CT molecular complexity index is 1790. The van der Waals surface area contributed by atoms with Gasteiger partial charge in [0.2, 0.25) is 0 Å². The Hall–Kier alpha value is -5.18. The van der Waals surface area contributed by atoms with Crippen LogP contribution in [-0.2, 0) is 11.3 Å². The summed E-state index contributed by atoms with van der Waals surface area (Å²) in [6.07, 6.45) is 0.205. The van der Waals surface area contributed by atoms with Gasteiger partial charge in [-0.25, -0.2) is 4.79 Å². The third-order valence-corrected chi connectivity index (χ3v) is 6.70. The number of rotatable bonds is 5. The lowest BCUT2D eigenvalue weighted by Gasteiger charge is -2.13. The zero-order chi connectivity index (χ0) is 28.8. The monoisotopic (exact) mass is 546 g/mol. The van der Waals surface area contributed by atoms with E-state index in [1.54, 1.807) is 0 Å². The van der Waals surface area contributed by atoms with E-state index in [2.05, 4.69) is 20.6 Å². The second-order valence-electron chi connectivity index (χ2n) is 9.74. The normalized spacial score (nSPS) is 11.6. The number of nitrogens with zero attached hydrogens (tertiary/aromatic N) is 6. The minimum Gasteiger partial charge on any atom is -0.443 e. The van der Waals surface area contributed by atoms with Crippen LogP contribution in [0, 0.1) is 13.8 Å². The lowest BCUT2D eigenvalue weighted by atomic mass is 9.96. The molecule has 0 N–H and O–H groups in total. The molecule has 0 radical (unpaired) electrons. The van der Waals surface area contributed by atoms with Gasteiger partial charge < -0.3 is 4.74 Å². The molecule has 2 heterocycles. The van der Waals surface area contributed by atoms with Crippen LogP contribution in [0.5, 0.6) is 0 Å². The van der Waals surface area contributed by atoms with Gasteiger partial charge in [0.1, 0.15) is 23.2 Å². The van der Waals surface area contributed by atoms with Gasteiger partial charge in [0.05, 0.1) is 11.4 Å². The summed E-state index contributed by atoms with van der Waals surface area (Å²) in [4.78, 5) is 24.8. The Morgan fingerprint density at radius 3 is 1.85 bits per heavy atom. The molecule has 1 atom stereocenters. The van der Waals surface area contributed by atoms with Crippen molar-refractivity contribution in [3.63, 3.8) is 0 Å². The van der Waals surface area contributed by atoms with Crippen LogP contribution in [0.4, 0.5) is 4.79 Å². The van der Waals surface area contributed by atoms with Crippen LogP contribution in [0.2, 0.25) is 0 Å². The molecule has 1 unspecified atom stereocenters. The molecule has 0 aliphatic rings. The molecule has 0 aliphatic heterocycles. The van der Waals surface area contributed by atoms with E-state index in [0.717, 1.165) is 39.7 Å². The van der Waals surface area contributed by atoms with E-state index in [1.165, 1.54) is 9.36 Å². The van der Waals surface area contributed by atoms with Crippen molar-refractivity contribution in [2.45, 2.75) is 39.7 Å². The molecular weight excluding hydrogens is 516 g/mol. The first-order valence-electron chi connectivity index (χ1n) is 13.4. The number of aryl methyl sites for hydroxylation is 2. The van der Waals surface area contributed by atoms with Crippen LogP contribution in [-0.4, -0.2) is 42.0 Å². The molecule has 2 aromatic heterocycles. The molecule has 9 nitrogen and oxygen atoms in total. The van der Waals surface area contributed by atoms with Crippen molar-refractivity contribution in [2.75, 3.05) is 0 Å². The highest BCUT2D eigenvalue weighted by Crippen LogP contribution is 2.23. The number of carbonyl (C=O) groups is 2. The zero-order valence-corrected chi connectivity index (χ0v) is 23.1. The van der Waals surface area contributed by atoms with E-state index in [0.29, 0.717) is 11.0 Å². The lowest BCUT2D eigenvalue weighted by Crippen LogP contribution is -2.21. The van der Waals surface area contributed by atoms with Crippen molar-refractivity contribution in [3.8, 4) is 0 Å². The van der Waals surface area contributed by atoms with Gasteiger partial charge in [-0.15, -0.1) is 14.9 Å². The van der Waals surface area contributed by atoms with Gasteiger partial charge in [0.15, 0.2) is 0 Å². The van der Waals surface area contributed by atoms with Gasteiger partial charge in [-0.1, -0.05) is 90.1 Å². The summed E-state index contributed by atoms with van der Waals surface area (Å²) in [5, 5.41) is 16.0. The number of benzene rings is 4. The molecule has 0 saturated heterocycles. The number of hydrogen-bond donors (Lipinski definition) is 0. The SMILES string of the molecule is CCC(C(=O)n1nnc2cc(C)ccc21)c1ccccc1.Cc1ccc2c(c1)nnn2C(=O)OCc1ccccc1. The summed E-state index contributed by atoms with van der Waals surface area (Å²) in [6, 6.07) is 30.7. The van der Waals surface area contributed by atoms with Crippen LogP contribution in [0.1, 0.15) is 46.3 Å². The third kappa shape index (κ3) is 6.19. The van der Waals surface area contributed by atoms with E-state index in [1.807, 2.05) is 118 Å². The summed E-state index contributed by atoms with van der Waals surface area (Å²) in [7, 11) is 0. The minimum absolute atomic E-state index is 0.0324. The fourth-order valence-electron chi connectivity index (χ4n) is 4.53. The van der Waals surface area contributed by atoms with E-state index in [9.17, 15) is 9.59 Å². The molecule has 0 saturated carbocycles. The summed E-state index contributed by atoms with van der Waals surface area (Å²) >= 11 is 0. The van der Waals surface area contributed by atoms with E-state index in [-0.39, 0.29) is 18.4 Å². The lowest BCUT2D eigenvalue weighted by molar-refractivity contribution is 0.0862. The summed E-state index contributed by atoms with van der Waals surface area (Å²) < 4.78 is 7.84. The van der Waals surface area contributed by atoms with Gasteiger partial charge in [-0.3, -0.25) is 4.79 Å². The summed E-state index contributed by atoms with van der Waals surface area (Å²) in [5.41, 5.74) is 6.97. The van der Waals surface area contributed by atoms with Gasteiger partial charge in [0.25, 0.3) is 5.91 Å². The number of ether oxygens (including phenoxy) is 1. The first-order chi connectivity index (χ1) is 19.9. The molecule has 0 fully saturated rings. The van der Waals surface area contributed by atoms with Crippen molar-refractivity contribution in [1.82, 2.24) is 30.0 Å². The first kappa shape index (κ1) is 27.4. The molecule has 6 rings (SSSR count). The maximum absolute atomic E-state index is 12.8. The molecule has 0 bridgehead atoms. The van der Waals surface area contributed by atoms with Crippen LogP contribution in [0.15, 0.2) is 97.1 Å². The van der Waals surface area contributed by atoms with E-state index >= 15 is 0 Å². The van der Waals surface area contributed by atoms with Gasteiger partial charge in [-0.2, -0.15) is 4.68 Å². The maximum Gasteiger partial charge on any atom is 0.437 e. The summed E-state index contributed by atoms with van der Waals surface area (Å²) in [6.45, 7) is 6.19. The highest BCUT2D eigenvalue weighted by atomic mass is 16.6. The Morgan fingerprint density at radius 2 is 1.27 bits per heavy atom. The van der Waals surface area contributed by atoms with Gasteiger partial charge in [-0.05, 0) is 66.8 Å². The molecule has 41 heavy (non-hydrogen) atoms. The average Bonchev–Trinajstić information content (AvgIpc) is 3.61. The smallest absolute Gasteiger partial charge is 0.437 e. The van der Waals surface area contributed by atoms with Crippen molar-refractivity contribution in [3.05, 3.63) is 119 Å². The standard InChI is InChI=1S/C17H17N3O.C15H13N3O2/c1-3-14(13-7-5-4-6-8-13)17(21)20-16-10-9-12(2)11-15(16)18-19-20;1-11-7-8-14-13(9-11)16-17-18(14)15(19)20-10-12-5-3-2-4-6-12/h4-11,14H,3H2,1-2H3;2-9H,10H2,1H3. The zero-order valence-electron chi connectivity index (χ0n) is 23.1. The second-order valence-corrected chi connectivity index (χ2v) is 9.74. The first-order valence-corrected chi connectivity index (χ1v) is 13.4. The van der Waals surface area contributed by atoms with E-state index in [4.69, 9.17) is 4.74 Å². The second kappa shape index (κ2) is 12.3. The number of hydrogen-bond acceptors (Lipinski definition) is 7. The molecule has 4 aromatic carbocycles. The van der Waals surface area contributed by atoms with Crippen molar-refractivity contribution in [1.29, 1.82) is 0 Å². The number of aromatic nitrogens is 6. The molecule has 9 heteroatoms. The van der Waals surface area contributed by atoms with Gasteiger partial charge in [0, 0.05) is 0 Å². The predicted octanol–water partition coefficient (Wildman–Crippen LogP) is 6.50. The number of fused-ring (bicyclic) bond motifs is 2. The molecule has 0 amide bonds. The molecule has 6 aromatic rings. The molecule has 206 valence electrons. The van der Waals surface area contributed by atoms with Crippen molar-refractivity contribution in [2.24, 2.45) is 0 Å². The highest BCUT2D eigenvalue weighted by molar-refractivity contribution is 5.93. The maximum atomic E-state index is 12.8. The van der Waals surface area contributed by atoms with Crippen LogP contribution in [0.3, 0.4) is 0 Å². The third-order valence-electron chi connectivity index (χ3n) is 6.70. The topological polar surface area (TPSA) is 105 Å². The highest BCUT2D eigenvalue weighted by Gasteiger charge is 2.23. The molecular formula is C32H30N6O3. The fourth-order valence-corrected chi connectivity index (χ4v) is 4.53. The number of carbonyl (C=O) groups excluding carboxylic acids is 2. The molecule has 0 aliphatic carbocycles. The Labute approximate surface area is 237 Å². The van der Waals surface area contributed by atoms with Crippen molar-refractivity contribution >= 4 is 34.1 Å². The Kier molecular flexibility index (Phi) is 8.24. The molecule has 0 spiro atoms. The quantitative estimate of drug-likeness (QED) is 0.243. The Morgan fingerprint density at radius 1 is 0.732 bits per heavy atom. The largest absolute Gasteiger partial charge is 0.443 e. The van der Waals surface area contributed by atoms with Crippen LogP contribution >= 0.6 is 0 Å². The Balaban J connectivity index is 0.000000165. The summed E-state index contributed by atoms with van der Waals surface area (Å²) in [5.74, 6) is -0.229. The van der Waals surface area contributed by atoms with E-state index < -0.39 is 6.09 Å². The average molecular weight is 547 g/mol. The predicted molar refractivity (Wildman–Crippen MR) is 157 cm³/mol. The van der Waals surface area contributed by atoms with Crippen LogP contribution in [0.25, 0.3) is 22.1 Å². The van der Waals surface area contributed by atoms with Crippen LogP contribution < -0.4 is 0 Å². The fraction of sp³-hybridized carbons (Fsp3) is 0.188.